The molecule has 2 aromatic rings. The zero-order valence-corrected chi connectivity index (χ0v) is 9.53. The van der Waals surface area contributed by atoms with E-state index in [0.29, 0.717) is 5.56 Å². The fourth-order valence-corrected chi connectivity index (χ4v) is 1.35. The van der Waals surface area contributed by atoms with E-state index in [-0.39, 0.29) is 11.8 Å². The Morgan fingerprint density at radius 2 is 1.94 bits per heavy atom. The molecule has 0 radical (unpaired) electrons. The molecule has 2 rings (SSSR count). The number of carbonyl (C=O) groups is 2. The molecular weight excluding hydrogens is 236 g/mol. The van der Waals surface area contributed by atoms with Crippen molar-refractivity contribution in [2.75, 3.05) is 12.8 Å². The highest BCUT2D eigenvalue weighted by Crippen LogP contribution is 2.07. The summed E-state index contributed by atoms with van der Waals surface area (Å²) in [4.78, 5) is 26.9. The number of anilines is 1. The van der Waals surface area contributed by atoms with Crippen LogP contribution in [-0.4, -0.2) is 33.8 Å². The number of benzene rings is 1. The van der Waals surface area contributed by atoms with Gasteiger partial charge in [0.1, 0.15) is 0 Å². The van der Waals surface area contributed by atoms with Gasteiger partial charge in [0.2, 0.25) is 5.95 Å². The van der Waals surface area contributed by atoms with E-state index in [0.717, 1.165) is 4.68 Å². The van der Waals surface area contributed by atoms with Gasteiger partial charge in [-0.15, -0.1) is 5.10 Å². The Bertz CT molecular complexity index is 592. The Morgan fingerprint density at radius 3 is 2.56 bits per heavy atom. The van der Waals surface area contributed by atoms with Crippen molar-refractivity contribution in [1.82, 2.24) is 14.8 Å². The summed E-state index contributed by atoms with van der Waals surface area (Å²) in [6.45, 7) is 0. The Morgan fingerprint density at radius 1 is 1.28 bits per heavy atom. The zero-order chi connectivity index (χ0) is 13.1. The standard InChI is InChI=1S/C11H10N4O3/c1-18-10(17)8-13-11(12)15(14-8)9(16)7-5-3-2-4-6-7/h2-6H,1H3,(H2,12,13,14). The summed E-state index contributed by atoms with van der Waals surface area (Å²) in [7, 11) is 1.19. The van der Waals surface area contributed by atoms with Crippen LogP contribution in [0.15, 0.2) is 30.3 Å². The first-order valence-corrected chi connectivity index (χ1v) is 5.04. The van der Waals surface area contributed by atoms with E-state index in [1.807, 2.05) is 0 Å². The number of hydrogen-bond acceptors (Lipinski definition) is 6. The molecule has 0 bridgehead atoms. The summed E-state index contributed by atoms with van der Waals surface area (Å²) in [5.74, 6) is -1.62. The monoisotopic (exact) mass is 246 g/mol. The van der Waals surface area contributed by atoms with Gasteiger partial charge in [0.05, 0.1) is 7.11 Å². The van der Waals surface area contributed by atoms with Crippen LogP contribution in [0.5, 0.6) is 0 Å². The van der Waals surface area contributed by atoms with Crippen LogP contribution < -0.4 is 5.73 Å². The lowest BCUT2D eigenvalue weighted by molar-refractivity contribution is 0.0587. The lowest BCUT2D eigenvalue weighted by Gasteiger charge is -2.00. The topological polar surface area (TPSA) is 100 Å². The van der Waals surface area contributed by atoms with Crippen LogP contribution >= 0.6 is 0 Å². The molecule has 1 heterocycles. The Hall–Kier alpha value is -2.70. The molecule has 0 aliphatic heterocycles. The summed E-state index contributed by atoms with van der Waals surface area (Å²) >= 11 is 0. The number of carbonyl (C=O) groups excluding carboxylic acids is 2. The molecule has 0 saturated heterocycles. The van der Waals surface area contributed by atoms with Crippen molar-refractivity contribution in [2.24, 2.45) is 0 Å². The van der Waals surface area contributed by atoms with E-state index >= 15 is 0 Å². The average molecular weight is 246 g/mol. The van der Waals surface area contributed by atoms with Crippen molar-refractivity contribution in [3.63, 3.8) is 0 Å². The maximum absolute atomic E-state index is 12.0. The van der Waals surface area contributed by atoms with Crippen LogP contribution in [0.25, 0.3) is 0 Å². The van der Waals surface area contributed by atoms with Crippen molar-refractivity contribution in [1.29, 1.82) is 0 Å². The molecule has 0 fully saturated rings. The highest BCUT2D eigenvalue weighted by Gasteiger charge is 2.19. The largest absolute Gasteiger partial charge is 0.463 e. The predicted octanol–water partition coefficient (Wildman–Crippen LogP) is 0.335. The average Bonchev–Trinajstić information content (AvgIpc) is 2.80. The molecule has 18 heavy (non-hydrogen) atoms. The lowest BCUT2D eigenvalue weighted by atomic mass is 10.2. The molecule has 2 N–H and O–H groups in total. The Balaban J connectivity index is 2.37. The van der Waals surface area contributed by atoms with E-state index in [2.05, 4.69) is 14.8 Å². The highest BCUT2D eigenvalue weighted by atomic mass is 16.5. The number of nitrogens with zero attached hydrogens (tertiary/aromatic N) is 3. The molecule has 0 atom stereocenters. The first-order chi connectivity index (χ1) is 8.63. The summed E-state index contributed by atoms with van der Waals surface area (Å²) in [6.07, 6.45) is 0. The molecular formula is C11H10N4O3. The normalized spacial score (nSPS) is 10.1. The third-order valence-electron chi connectivity index (χ3n) is 2.21. The third-order valence-corrected chi connectivity index (χ3v) is 2.21. The van der Waals surface area contributed by atoms with E-state index < -0.39 is 11.9 Å². The molecule has 0 saturated carbocycles. The number of aromatic nitrogens is 3. The van der Waals surface area contributed by atoms with Crippen molar-refractivity contribution in [3.05, 3.63) is 41.7 Å². The minimum atomic E-state index is -0.749. The fourth-order valence-electron chi connectivity index (χ4n) is 1.35. The minimum absolute atomic E-state index is 0.163. The lowest BCUT2D eigenvalue weighted by Crippen LogP contribution is -2.16. The second-order valence-electron chi connectivity index (χ2n) is 3.37. The van der Waals surface area contributed by atoms with Crippen LogP contribution in [0.4, 0.5) is 5.95 Å². The second kappa shape index (κ2) is 4.66. The molecule has 7 heteroatoms. The molecule has 0 aliphatic rings. The van der Waals surface area contributed by atoms with Gasteiger partial charge in [-0.1, -0.05) is 18.2 Å². The molecule has 0 unspecified atom stereocenters. The van der Waals surface area contributed by atoms with Gasteiger partial charge in [-0.05, 0) is 12.1 Å². The molecule has 0 amide bonds. The van der Waals surface area contributed by atoms with Crippen LogP contribution in [0, 0.1) is 0 Å². The number of rotatable bonds is 2. The summed E-state index contributed by atoms with van der Waals surface area (Å²) in [5, 5.41) is 3.71. The van der Waals surface area contributed by atoms with E-state index in [1.165, 1.54) is 7.11 Å². The third kappa shape index (κ3) is 2.05. The Kier molecular flexibility index (Phi) is 3.05. The summed E-state index contributed by atoms with van der Waals surface area (Å²) < 4.78 is 5.31. The molecule has 92 valence electrons. The maximum atomic E-state index is 12.0. The molecule has 1 aromatic heterocycles. The summed E-state index contributed by atoms with van der Waals surface area (Å²) in [5.41, 5.74) is 5.93. The number of esters is 1. The quantitative estimate of drug-likeness (QED) is 0.766. The molecule has 1 aromatic carbocycles. The van der Waals surface area contributed by atoms with Gasteiger partial charge >= 0.3 is 5.97 Å². The van der Waals surface area contributed by atoms with Gasteiger partial charge < -0.3 is 10.5 Å². The highest BCUT2D eigenvalue weighted by molar-refractivity contribution is 5.97. The van der Waals surface area contributed by atoms with E-state index in [1.54, 1.807) is 30.3 Å². The first-order valence-electron chi connectivity index (χ1n) is 5.04. The smallest absolute Gasteiger partial charge is 0.378 e. The van der Waals surface area contributed by atoms with Crippen LogP contribution in [-0.2, 0) is 4.74 Å². The number of methoxy groups -OCH3 is 1. The minimum Gasteiger partial charge on any atom is -0.463 e. The van der Waals surface area contributed by atoms with E-state index in [9.17, 15) is 9.59 Å². The van der Waals surface area contributed by atoms with Gasteiger partial charge in [-0.2, -0.15) is 9.67 Å². The van der Waals surface area contributed by atoms with Crippen molar-refractivity contribution in [3.8, 4) is 0 Å². The first kappa shape index (κ1) is 11.8. The van der Waals surface area contributed by atoms with Crippen LogP contribution in [0.3, 0.4) is 0 Å². The Labute approximate surface area is 102 Å². The number of ether oxygens (including phenoxy) is 1. The number of nitrogen functional groups attached to an aromatic ring is 1. The SMILES string of the molecule is COC(=O)c1nc(N)n(C(=O)c2ccccc2)n1. The van der Waals surface area contributed by atoms with Crippen molar-refractivity contribution < 1.29 is 14.3 Å². The van der Waals surface area contributed by atoms with Crippen LogP contribution in [0.1, 0.15) is 21.0 Å². The van der Waals surface area contributed by atoms with Crippen molar-refractivity contribution in [2.45, 2.75) is 0 Å². The molecule has 7 nitrogen and oxygen atoms in total. The second-order valence-corrected chi connectivity index (χ2v) is 3.37. The fraction of sp³-hybridized carbons (Fsp3) is 0.0909. The molecule has 0 aliphatic carbocycles. The van der Waals surface area contributed by atoms with Gasteiger partial charge in [-0.3, -0.25) is 4.79 Å². The molecule has 0 spiro atoms. The van der Waals surface area contributed by atoms with E-state index in [4.69, 9.17) is 5.73 Å². The van der Waals surface area contributed by atoms with Gasteiger partial charge in [0.25, 0.3) is 11.7 Å². The van der Waals surface area contributed by atoms with Gasteiger partial charge in [-0.25, -0.2) is 4.79 Å². The van der Waals surface area contributed by atoms with Crippen LogP contribution in [0.2, 0.25) is 0 Å². The predicted molar refractivity (Wildman–Crippen MR) is 61.9 cm³/mol. The number of nitrogens with two attached hydrogens (primary N) is 1. The number of hydrogen-bond donors (Lipinski definition) is 1. The summed E-state index contributed by atoms with van der Waals surface area (Å²) in [6, 6.07) is 8.42. The van der Waals surface area contributed by atoms with Gasteiger partial charge in [0, 0.05) is 5.56 Å². The zero-order valence-electron chi connectivity index (χ0n) is 9.53. The maximum Gasteiger partial charge on any atom is 0.378 e. The van der Waals surface area contributed by atoms with Gasteiger partial charge in [0.15, 0.2) is 0 Å². The van der Waals surface area contributed by atoms with Crippen molar-refractivity contribution >= 4 is 17.8 Å².